The van der Waals surface area contributed by atoms with E-state index in [1.165, 1.54) is 0 Å². The molecule has 4 rings (SSSR count). The van der Waals surface area contributed by atoms with Gasteiger partial charge in [0.1, 0.15) is 11.6 Å². The molecule has 0 unspecified atom stereocenters. The zero-order chi connectivity index (χ0) is 19.3. The maximum Gasteiger partial charge on any atom is 0.411 e. The van der Waals surface area contributed by atoms with Crippen LogP contribution < -0.4 is 11.1 Å². The van der Waals surface area contributed by atoms with Crippen LogP contribution in [0.3, 0.4) is 0 Å². The summed E-state index contributed by atoms with van der Waals surface area (Å²) in [5.74, 6) is -4.62. The van der Waals surface area contributed by atoms with Crippen LogP contribution in [-0.2, 0) is 14.3 Å². The van der Waals surface area contributed by atoms with E-state index in [1.54, 1.807) is 12.1 Å². The van der Waals surface area contributed by atoms with E-state index < -0.39 is 47.4 Å². The number of rotatable bonds is 4. The molecule has 5 atom stereocenters. The van der Waals surface area contributed by atoms with Crippen LogP contribution >= 0.6 is 0 Å². The molecule has 8 heteroatoms. The maximum atomic E-state index is 12.4. The maximum absolute atomic E-state index is 12.4. The van der Waals surface area contributed by atoms with E-state index in [-0.39, 0.29) is 6.42 Å². The van der Waals surface area contributed by atoms with E-state index in [4.69, 9.17) is 10.5 Å². The fourth-order valence-corrected chi connectivity index (χ4v) is 4.35. The van der Waals surface area contributed by atoms with Crippen molar-refractivity contribution in [3.8, 4) is 0 Å². The average molecular weight is 370 g/mol. The van der Waals surface area contributed by atoms with Crippen molar-refractivity contribution in [1.82, 2.24) is 0 Å². The monoisotopic (exact) mass is 370 g/mol. The van der Waals surface area contributed by atoms with Crippen LogP contribution in [0.5, 0.6) is 0 Å². The number of amides is 1. The number of nitrogens with two attached hydrogens (primary N) is 1. The number of hydrogen-bond donors (Lipinski definition) is 4. The topological polar surface area (TPSA) is 139 Å². The van der Waals surface area contributed by atoms with Crippen LogP contribution in [0, 0.1) is 17.8 Å². The third-order valence-corrected chi connectivity index (χ3v) is 5.61. The van der Waals surface area contributed by atoms with Gasteiger partial charge in [0, 0.05) is 23.6 Å². The Morgan fingerprint density at radius 1 is 1.11 bits per heavy atom. The Bertz CT molecular complexity index is 955. The van der Waals surface area contributed by atoms with E-state index >= 15 is 0 Å². The van der Waals surface area contributed by atoms with E-state index in [0.29, 0.717) is 5.69 Å². The SMILES string of the molecule is N[C@]1(C(=O)O)C[C@@H](OC(=O)Nc2cccc3ccccc23)[C@@H]2[C@@H](C(=O)O)[C@H]21. The Kier molecular flexibility index (Phi) is 3.81. The molecule has 0 aliphatic heterocycles. The molecular formula is C19H18N2O6. The van der Waals surface area contributed by atoms with Gasteiger partial charge in [-0.3, -0.25) is 14.9 Å². The van der Waals surface area contributed by atoms with Gasteiger partial charge in [0.05, 0.1) is 11.6 Å². The summed E-state index contributed by atoms with van der Waals surface area (Å²) in [4.78, 5) is 35.2. The first-order chi connectivity index (χ1) is 12.8. The number of aliphatic carboxylic acids is 2. The van der Waals surface area contributed by atoms with Gasteiger partial charge in [0.15, 0.2) is 0 Å². The average Bonchev–Trinajstić information content (AvgIpc) is 3.31. The molecule has 27 heavy (non-hydrogen) atoms. The molecular weight excluding hydrogens is 352 g/mol. The summed E-state index contributed by atoms with van der Waals surface area (Å²) >= 11 is 0. The molecule has 140 valence electrons. The summed E-state index contributed by atoms with van der Waals surface area (Å²) in [5.41, 5.74) is 4.79. The lowest BCUT2D eigenvalue weighted by atomic mass is 9.91. The van der Waals surface area contributed by atoms with Crippen LogP contribution in [0.1, 0.15) is 6.42 Å². The summed E-state index contributed by atoms with van der Waals surface area (Å²) in [7, 11) is 0. The third kappa shape index (κ3) is 2.69. The van der Waals surface area contributed by atoms with Crippen LogP contribution in [0.15, 0.2) is 42.5 Å². The standard InChI is InChI=1S/C19H18N2O6/c20-19(17(24)25)8-12(13-14(15(13)19)16(22)23)27-18(26)21-11-7-3-5-9-4-1-2-6-10(9)11/h1-7,12-15H,8,20H2,(H,21,26)(H,22,23)(H,24,25)/t12-,13-,14-,15+,19-/m1/s1. The zero-order valence-electron chi connectivity index (χ0n) is 14.2. The normalized spacial score (nSPS) is 31.1. The highest BCUT2D eigenvalue weighted by Crippen LogP contribution is 2.62. The highest BCUT2D eigenvalue weighted by molar-refractivity contribution is 6.00. The molecule has 8 nitrogen and oxygen atoms in total. The van der Waals surface area contributed by atoms with E-state index in [2.05, 4.69) is 5.32 Å². The predicted molar refractivity (Wildman–Crippen MR) is 95.1 cm³/mol. The Hall–Kier alpha value is -3.13. The van der Waals surface area contributed by atoms with Crippen molar-refractivity contribution in [2.24, 2.45) is 23.5 Å². The molecule has 0 spiro atoms. The van der Waals surface area contributed by atoms with Crippen molar-refractivity contribution < 1.29 is 29.3 Å². The van der Waals surface area contributed by atoms with Crippen molar-refractivity contribution in [2.45, 2.75) is 18.1 Å². The van der Waals surface area contributed by atoms with Gasteiger partial charge in [0.2, 0.25) is 0 Å². The summed E-state index contributed by atoms with van der Waals surface area (Å²) in [6.07, 6.45) is -1.72. The second kappa shape index (κ2) is 5.95. The molecule has 2 aliphatic carbocycles. The first-order valence-electron chi connectivity index (χ1n) is 8.53. The number of ether oxygens (including phenoxy) is 1. The number of benzene rings is 2. The summed E-state index contributed by atoms with van der Waals surface area (Å²) in [5, 5.41) is 23.1. The van der Waals surface area contributed by atoms with E-state index in [0.717, 1.165) is 10.8 Å². The van der Waals surface area contributed by atoms with Gasteiger partial charge in [-0.1, -0.05) is 36.4 Å². The summed E-state index contributed by atoms with van der Waals surface area (Å²) < 4.78 is 5.39. The van der Waals surface area contributed by atoms with Crippen molar-refractivity contribution >= 4 is 34.5 Å². The van der Waals surface area contributed by atoms with Crippen LogP contribution in [-0.4, -0.2) is 39.9 Å². The van der Waals surface area contributed by atoms with Gasteiger partial charge >= 0.3 is 18.0 Å². The van der Waals surface area contributed by atoms with Gasteiger partial charge in [-0.05, 0) is 11.5 Å². The largest absolute Gasteiger partial charge is 0.481 e. The second-order valence-electron chi connectivity index (χ2n) is 7.11. The summed E-state index contributed by atoms with van der Waals surface area (Å²) in [6, 6.07) is 12.9. The fraction of sp³-hybridized carbons (Fsp3) is 0.316. The number of hydrogen-bond acceptors (Lipinski definition) is 5. The van der Waals surface area contributed by atoms with Gasteiger partial charge in [-0.25, -0.2) is 4.79 Å². The molecule has 0 bridgehead atoms. The lowest BCUT2D eigenvalue weighted by Crippen LogP contribution is -2.51. The zero-order valence-corrected chi connectivity index (χ0v) is 14.2. The Balaban J connectivity index is 1.51. The molecule has 5 N–H and O–H groups in total. The molecule has 2 aliphatic rings. The molecule has 0 aromatic heterocycles. The number of anilines is 1. The first-order valence-corrected chi connectivity index (χ1v) is 8.53. The van der Waals surface area contributed by atoms with Crippen LogP contribution in [0.25, 0.3) is 10.8 Å². The van der Waals surface area contributed by atoms with Crippen LogP contribution in [0.4, 0.5) is 10.5 Å². The lowest BCUT2D eigenvalue weighted by Gasteiger charge is -2.24. The molecule has 1 amide bonds. The van der Waals surface area contributed by atoms with Gasteiger partial charge in [-0.15, -0.1) is 0 Å². The molecule has 2 aromatic rings. The predicted octanol–water partition coefficient (Wildman–Crippen LogP) is 1.89. The number of carbonyl (C=O) groups is 3. The Morgan fingerprint density at radius 2 is 1.81 bits per heavy atom. The van der Waals surface area contributed by atoms with Crippen LogP contribution in [0.2, 0.25) is 0 Å². The third-order valence-electron chi connectivity index (χ3n) is 5.61. The number of carboxylic acids is 2. The smallest absolute Gasteiger partial charge is 0.411 e. The number of carbonyl (C=O) groups excluding carboxylic acids is 1. The highest BCUT2D eigenvalue weighted by Gasteiger charge is 2.75. The van der Waals surface area contributed by atoms with Crippen molar-refractivity contribution in [3.05, 3.63) is 42.5 Å². The number of nitrogens with one attached hydrogen (secondary N) is 1. The molecule has 0 saturated heterocycles. The first kappa shape index (κ1) is 17.3. The molecule has 2 fully saturated rings. The Morgan fingerprint density at radius 3 is 2.52 bits per heavy atom. The fourth-order valence-electron chi connectivity index (χ4n) is 4.35. The minimum atomic E-state index is -1.70. The quantitative estimate of drug-likeness (QED) is 0.644. The lowest BCUT2D eigenvalue weighted by molar-refractivity contribution is -0.146. The number of fused-ring (bicyclic) bond motifs is 2. The highest BCUT2D eigenvalue weighted by atomic mass is 16.6. The molecule has 0 radical (unpaired) electrons. The van der Waals surface area contributed by atoms with E-state index in [9.17, 15) is 24.6 Å². The second-order valence-corrected chi connectivity index (χ2v) is 7.11. The minimum absolute atomic E-state index is 0.107. The van der Waals surface area contributed by atoms with Gasteiger partial charge in [0.25, 0.3) is 0 Å². The minimum Gasteiger partial charge on any atom is -0.481 e. The molecule has 0 heterocycles. The number of carboxylic acid groups (broad SMARTS) is 2. The molecule has 2 saturated carbocycles. The van der Waals surface area contributed by atoms with Gasteiger partial charge in [-0.2, -0.15) is 0 Å². The van der Waals surface area contributed by atoms with Crippen molar-refractivity contribution in [1.29, 1.82) is 0 Å². The van der Waals surface area contributed by atoms with E-state index in [1.807, 2.05) is 30.3 Å². The van der Waals surface area contributed by atoms with Gasteiger partial charge < -0.3 is 20.7 Å². The molecule has 2 aromatic carbocycles. The summed E-state index contributed by atoms with van der Waals surface area (Å²) in [6.45, 7) is 0. The Labute approximate surface area is 153 Å². The van der Waals surface area contributed by atoms with Crippen molar-refractivity contribution in [3.63, 3.8) is 0 Å². The van der Waals surface area contributed by atoms with Crippen molar-refractivity contribution in [2.75, 3.05) is 5.32 Å².